The highest BCUT2D eigenvalue weighted by atomic mass is 16.5. The number of oxazole rings is 1. The van der Waals surface area contributed by atoms with E-state index in [4.69, 9.17) is 14.9 Å². The highest BCUT2D eigenvalue weighted by Crippen LogP contribution is 2.35. The fourth-order valence-electron chi connectivity index (χ4n) is 1.90. The minimum absolute atomic E-state index is 0.256. The number of hydrogen-bond acceptors (Lipinski definition) is 4. The quantitative estimate of drug-likeness (QED) is 0.819. The van der Waals surface area contributed by atoms with Crippen molar-refractivity contribution in [2.75, 3.05) is 13.2 Å². The van der Waals surface area contributed by atoms with Gasteiger partial charge < -0.3 is 14.9 Å². The molecule has 1 unspecified atom stereocenters. The van der Waals surface area contributed by atoms with E-state index in [1.165, 1.54) is 0 Å². The van der Waals surface area contributed by atoms with Crippen LogP contribution in [0.3, 0.4) is 0 Å². The predicted octanol–water partition coefficient (Wildman–Crippen LogP) is 1.59. The second kappa shape index (κ2) is 4.33. The highest BCUT2D eigenvalue weighted by molar-refractivity contribution is 5.07. The van der Waals surface area contributed by atoms with Gasteiger partial charge in [-0.3, -0.25) is 0 Å². The molecule has 2 rings (SSSR count). The van der Waals surface area contributed by atoms with Crippen LogP contribution in [0.5, 0.6) is 0 Å². The maximum Gasteiger partial charge on any atom is 0.194 e. The summed E-state index contributed by atoms with van der Waals surface area (Å²) in [4.78, 5) is 4.24. The third kappa shape index (κ3) is 2.21. The maximum absolute atomic E-state index is 5.69. The second-order valence-corrected chi connectivity index (χ2v) is 4.19. The molecule has 0 radical (unpaired) electrons. The summed E-state index contributed by atoms with van der Waals surface area (Å²) < 4.78 is 11.4. The van der Waals surface area contributed by atoms with E-state index in [2.05, 4.69) is 11.9 Å². The van der Waals surface area contributed by atoms with Crippen molar-refractivity contribution in [1.82, 2.24) is 4.98 Å². The summed E-state index contributed by atoms with van der Waals surface area (Å²) in [5.74, 6) is 1.62. The molecular formula is C11H18N2O2. The molecule has 1 aromatic heterocycles. The minimum atomic E-state index is -0.256. The van der Waals surface area contributed by atoms with Crippen molar-refractivity contribution in [3.05, 3.63) is 17.8 Å². The zero-order valence-corrected chi connectivity index (χ0v) is 9.16. The van der Waals surface area contributed by atoms with E-state index in [1.807, 2.05) is 0 Å². The fraction of sp³-hybridized carbons (Fsp3) is 0.727. The van der Waals surface area contributed by atoms with Crippen molar-refractivity contribution < 1.29 is 9.15 Å². The van der Waals surface area contributed by atoms with E-state index in [1.54, 1.807) is 6.20 Å². The Bertz CT molecular complexity index is 316. The van der Waals surface area contributed by atoms with Gasteiger partial charge >= 0.3 is 0 Å². The Morgan fingerprint density at radius 1 is 1.60 bits per heavy atom. The maximum atomic E-state index is 5.69. The standard InChI is InChI=1S/C11H18N2O2/c1-11(5-3-7-14-11)9-8-13-10(15-9)4-2-6-12/h8H,2-7,12H2,1H3. The summed E-state index contributed by atoms with van der Waals surface area (Å²) >= 11 is 0. The van der Waals surface area contributed by atoms with Crippen LogP contribution in [0.2, 0.25) is 0 Å². The van der Waals surface area contributed by atoms with E-state index in [9.17, 15) is 0 Å². The summed E-state index contributed by atoms with van der Waals surface area (Å²) in [6.45, 7) is 3.55. The van der Waals surface area contributed by atoms with Gasteiger partial charge in [-0.2, -0.15) is 0 Å². The molecule has 4 heteroatoms. The molecule has 1 aromatic rings. The van der Waals surface area contributed by atoms with Crippen molar-refractivity contribution in [3.8, 4) is 0 Å². The molecule has 0 bridgehead atoms. The van der Waals surface area contributed by atoms with Crippen LogP contribution in [0.25, 0.3) is 0 Å². The van der Waals surface area contributed by atoms with Gasteiger partial charge in [-0.15, -0.1) is 0 Å². The topological polar surface area (TPSA) is 61.3 Å². The van der Waals surface area contributed by atoms with E-state index >= 15 is 0 Å². The molecule has 4 nitrogen and oxygen atoms in total. The van der Waals surface area contributed by atoms with Crippen LogP contribution in [-0.2, 0) is 16.8 Å². The van der Waals surface area contributed by atoms with Crippen LogP contribution in [0, 0.1) is 0 Å². The zero-order valence-electron chi connectivity index (χ0n) is 9.16. The van der Waals surface area contributed by atoms with Gasteiger partial charge in [0, 0.05) is 13.0 Å². The lowest BCUT2D eigenvalue weighted by atomic mass is 10.0. The van der Waals surface area contributed by atoms with Crippen molar-refractivity contribution in [2.24, 2.45) is 5.73 Å². The number of aryl methyl sites for hydroxylation is 1. The highest BCUT2D eigenvalue weighted by Gasteiger charge is 2.35. The van der Waals surface area contributed by atoms with Gasteiger partial charge in [0.2, 0.25) is 0 Å². The molecule has 1 fully saturated rings. The Labute approximate surface area is 89.8 Å². The summed E-state index contributed by atoms with van der Waals surface area (Å²) in [6.07, 6.45) is 5.62. The molecule has 2 N–H and O–H groups in total. The Morgan fingerprint density at radius 2 is 2.47 bits per heavy atom. The Kier molecular flexibility index (Phi) is 3.07. The molecular weight excluding hydrogens is 192 g/mol. The van der Waals surface area contributed by atoms with E-state index in [0.717, 1.165) is 43.9 Å². The number of hydrogen-bond donors (Lipinski definition) is 1. The van der Waals surface area contributed by atoms with Gasteiger partial charge in [-0.05, 0) is 32.7 Å². The number of nitrogens with zero attached hydrogens (tertiary/aromatic N) is 1. The summed E-state index contributed by atoms with van der Waals surface area (Å²) in [5.41, 5.74) is 5.18. The van der Waals surface area contributed by atoms with Crippen LogP contribution in [0.1, 0.15) is 37.8 Å². The Hall–Kier alpha value is -0.870. The third-order valence-corrected chi connectivity index (χ3v) is 2.89. The van der Waals surface area contributed by atoms with Gasteiger partial charge in [0.1, 0.15) is 5.60 Å². The lowest BCUT2D eigenvalue weighted by molar-refractivity contribution is -0.00164. The van der Waals surface area contributed by atoms with Gasteiger partial charge in [0.15, 0.2) is 11.7 Å². The van der Waals surface area contributed by atoms with Crippen LogP contribution < -0.4 is 5.73 Å². The molecule has 0 spiro atoms. The Morgan fingerprint density at radius 3 is 3.13 bits per heavy atom. The first-order chi connectivity index (χ1) is 7.24. The molecule has 1 saturated heterocycles. The van der Waals surface area contributed by atoms with Crippen molar-refractivity contribution >= 4 is 0 Å². The molecule has 1 aliphatic heterocycles. The number of ether oxygens (including phenoxy) is 1. The first-order valence-electron chi connectivity index (χ1n) is 5.54. The second-order valence-electron chi connectivity index (χ2n) is 4.19. The molecule has 0 aliphatic carbocycles. The third-order valence-electron chi connectivity index (χ3n) is 2.89. The molecule has 0 amide bonds. The zero-order chi connectivity index (χ0) is 10.7. The lowest BCUT2D eigenvalue weighted by Crippen LogP contribution is -2.18. The summed E-state index contributed by atoms with van der Waals surface area (Å²) in [7, 11) is 0. The summed E-state index contributed by atoms with van der Waals surface area (Å²) in [6, 6.07) is 0. The molecule has 0 aromatic carbocycles. The van der Waals surface area contributed by atoms with E-state index in [-0.39, 0.29) is 5.60 Å². The van der Waals surface area contributed by atoms with Gasteiger partial charge in [0.25, 0.3) is 0 Å². The van der Waals surface area contributed by atoms with Crippen LogP contribution in [-0.4, -0.2) is 18.1 Å². The molecule has 15 heavy (non-hydrogen) atoms. The summed E-state index contributed by atoms with van der Waals surface area (Å²) in [5, 5.41) is 0. The van der Waals surface area contributed by atoms with Crippen molar-refractivity contribution in [1.29, 1.82) is 0 Å². The predicted molar refractivity (Wildman–Crippen MR) is 56.4 cm³/mol. The largest absolute Gasteiger partial charge is 0.443 e. The number of rotatable bonds is 4. The number of aromatic nitrogens is 1. The monoisotopic (exact) mass is 210 g/mol. The first kappa shape index (κ1) is 10.6. The normalized spacial score (nSPS) is 26.0. The average Bonchev–Trinajstić information content (AvgIpc) is 2.84. The minimum Gasteiger partial charge on any atom is -0.443 e. The van der Waals surface area contributed by atoms with E-state index < -0.39 is 0 Å². The lowest BCUT2D eigenvalue weighted by Gasteiger charge is -2.19. The molecule has 1 atom stereocenters. The first-order valence-corrected chi connectivity index (χ1v) is 5.54. The van der Waals surface area contributed by atoms with Crippen LogP contribution >= 0.6 is 0 Å². The Balaban J connectivity index is 2.05. The average molecular weight is 210 g/mol. The molecule has 84 valence electrons. The van der Waals surface area contributed by atoms with E-state index in [0.29, 0.717) is 6.54 Å². The fourth-order valence-corrected chi connectivity index (χ4v) is 1.90. The van der Waals surface area contributed by atoms with Gasteiger partial charge in [-0.1, -0.05) is 0 Å². The SMILES string of the molecule is CC1(c2cnc(CCCN)o2)CCCO1. The molecule has 2 heterocycles. The smallest absolute Gasteiger partial charge is 0.194 e. The van der Waals surface area contributed by atoms with Crippen molar-refractivity contribution in [2.45, 2.75) is 38.2 Å². The number of nitrogens with two attached hydrogens (primary N) is 1. The van der Waals surface area contributed by atoms with Crippen LogP contribution in [0.4, 0.5) is 0 Å². The molecule has 1 aliphatic rings. The van der Waals surface area contributed by atoms with Gasteiger partial charge in [0.05, 0.1) is 6.20 Å². The van der Waals surface area contributed by atoms with Gasteiger partial charge in [-0.25, -0.2) is 4.98 Å². The molecule has 0 saturated carbocycles. The van der Waals surface area contributed by atoms with Crippen LogP contribution in [0.15, 0.2) is 10.6 Å². The van der Waals surface area contributed by atoms with Crippen molar-refractivity contribution in [3.63, 3.8) is 0 Å².